The summed E-state index contributed by atoms with van der Waals surface area (Å²) in [6.07, 6.45) is 6.59. The average molecular weight is 482 g/mol. The molecule has 9 heteroatoms. The van der Waals surface area contributed by atoms with Crippen LogP contribution in [0.1, 0.15) is 50.2 Å². The number of amides is 2. The van der Waals surface area contributed by atoms with Gasteiger partial charge in [-0.25, -0.2) is 9.97 Å². The van der Waals surface area contributed by atoms with Gasteiger partial charge in [0, 0.05) is 31.2 Å². The Kier molecular flexibility index (Phi) is 8.72. The lowest BCUT2D eigenvalue weighted by Gasteiger charge is -2.24. The maximum Gasteiger partial charge on any atom is 0.253 e. The molecule has 1 aliphatic heterocycles. The van der Waals surface area contributed by atoms with Gasteiger partial charge < -0.3 is 19.9 Å². The molecule has 2 atom stereocenters. The van der Waals surface area contributed by atoms with E-state index in [1.807, 2.05) is 51.4 Å². The third kappa shape index (κ3) is 6.61. The Balaban J connectivity index is 0.00000158. The van der Waals surface area contributed by atoms with E-state index in [1.165, 1.54) is 11.3 Å². The minimum Gasteiger partial charge on any atom is -0.371 e. The van der Waals surface area contributed by atoms with Crippen LogP contribution in [0.15, 0.2) is 48.1 Å². The van der Waals surface area contributed by atoms with E-state index in [9.17, 15) is 9.59 Å². The molecule has 0 saturated heterocycles. The van der Waals surface area contributed by atoms with E-state index in [4.69, 9.17) is 9.72 Å². The van der Waals surface area contributed by atoms with E-state index in [0.717, 1.165) is 23.4 Å². The first-order chi connectivity index (χ1) is 16.4. The second-order valence-corrected chi connectivity index (χ2v) is 8.65. The Morgan fingerprint density at radius 2 is 1.91 bits per heavy atom. The van der Waals surface area contributed by atoms with Crippen LogP contribution in [0.3, 0.4) is 0 Å². The van der Waals surface area contributed by atoms with Gasteiger partial charge in [0.05, 0.1) is 35.7 Å². The highest BCUT2D eigenvalue weighted by atomic mass is 32.1. The fraction of sp³-hybridized carbons (Fsp3) is 0.360. The van der Waals surface area contributed by atoms with Crippen molar-refractivity contribution in [2.24, 2.45) is 7.05 Å². The molecule has 3 aromatic rings. The van der Waals surface area contributed by atoms with E-state index in [1.54, 1.807) is 23.0 Å². The summed E-state index contributed by atoms with van der Waals surface area (Å²) in [6.45, 7) is 7.95. The molecular formula is C25H31N5O3S. The van der Waals surface area contributed by atoms with E-state index < -0.39 is 0 Å². The van der Waals surface area contributed by atoms with Crippen molar-refractivity contribution in [2.75, 3.05) is 11.9 Å². The largest absolute Gasteiger partial charge is 0.371 e. The quantitative estimate of drug-likeness (QED) is 0.539. The molecule has 0 spiro atoms. The van der Waals surface area contributed by atoms with Crippen LogP contribution >= 0.6 is 11.3 Å². The smallest absolute Gasteiger partial charge is 0.253 e. The number of aryl methyl sites for hydroxylation is 1. The van der Waals surface area contributed by atoms with Crippen LogP contribution in [0.5, 0.6) is 0 Å². The van der Waals surface area contributed by atoms with Crippen molar-refractivity contribution in [1.82, 2.24) is 19.9 Å². The Hall–Kier alpha value is -3.30. The molecule has 0 aromatic carbocycles. The van der Waals surface area contributed by atoms with Crippen LogP contribution in [0, 0.1) is 0 Å². The highest BCUT2D eigenvalue weighted by Crippen LogP contribution is 2.29. The lowest BCUT2D eigenvalue weighted by atomic mass is 10.00. The molecule has 2 amide bonds. The first kappa shape index (κ1) is 25.3. The van der Waals surface area contributed by atoms with Crippen molar-refractivity contribution < 1.29 is 14.3 Å². The monoisotopic (exact) mass is 481 g/mol. The first-order valence-corrected chi connectivity index (χ1v) is 12.2. The summed E-state index contributed by atoms with van der Waals surface area (Å²) in [4.78, 5) is 33.6. The lowest BCUT2D eigenvalue weighted by Crippen LogP contribution is -2.32. The molecule has 4 heterocycles. The molecular weight excluding hydrogens is 450 g/mol. The number of aromatic nitrogens is 3. The number of carbonyl (C=O) groups is 2. The molecule has 8 nitrogen and oxygen atoms in total. The van der Waals surface area contributed by atoms with Crippen molar-refractivity contribution >= 4 is 33.9 Å². The summed E-state index contributed by atoms with van der Waals surface area (Å²) in [7, 11) is 1.83. The van der Waals surface area contributed by atoms with Gasteiger partial charge in [0.2, 0.25) is 5.91 Å². The fourth-order valence-corrected chi connectivity index (χ4v) is 4.29. The molecule has 4 rings (SSSR count). The second-order valence-electron chi connectivity index (χ2n) is 7.79. The summed E-state index contributed by atoms with van der Waals surface area (Å²) in [6, 6.07) is 7.54. The van der Waals surface area contributed by atoms with Gasteiger partial charge in [0.1, 0.15) is 5.69 Å². The molecule has 0 aliphatic carbocycles. The Morgan fingerprint density at radius 3 is 2.62 bits per heavy atom. The van der Waals surface area contributed by atoms with Gasteiger partial charge in [-0.1, -0.05) is 26.0 Å². The number of hydrogen-bond donors (Lipinski definition) is 2. The highest BCUT2D eigenvalue weighted by Gasteiger charge is 2.19. The van der Waals surface area contributed by atoms with E-state index >= 15 is 0 Å². The number of nitrogens with zero attached hydrogens (tertiary/aromatic N) is 3. The number of ether oxygens (including phenoxy) is 1. The predicted octanol–water partition coefficient (Wildman–Crippen LogP) is 4.52. The molecule has 0 bridgehead atoms. The van der Waals surface area contributed by atoms with Gasteiger partial charge in [-0.15, -0.1) is 11.3 Å². The predicted molar refractivity (Wildman–Crippen MR) is 136 cm³/mol. The van der Waals surface area contributed by atoms with Crippen LogP contribution in [-0.2, 0) is 16.6 Å². The Morgan fingerprint density at radius 1 is 1.15 bits per heavy atom. The Bertz CT molecular complexity index is 1170. The van der Waals surface area contributed by atoms with E-state index in [0.29, 0.717) is 16.4 Å². The number of anilines is 1. The van der Waals surface area contributed by atoms with Gasteiger partial charge in [0.25, 0.3) is 5.91 Å². The SMILES string of the molecule is CC.CC1C=C(c2cccc(-c3csc(NC(=O)CNC(=O)c4ccn(C)c4)n3)n2)CC(C)O1. The zero-order chi connectivity index (χ0) is 24.7. The minimum absolute atomic E-state index is 0.0580. The van der Waals surface area contributed by atoms with Crippen LogP contribution in [0.4, 0.5) is 5.13 Å². The zero-order valence-corrected chi connectivity index (χ0v) is 21.0. The molecule has 2 unspecified atom stereocenters. The summed E-state index contributed by atoms with van der Waals surface area (Å²) in [5, 5.41) is 7.64. The molecule has 34 heavy (non-hydrogen) atoms. The normalized spacial score (nSPS) is 17.3. The van der Waals surface area contributed by atoms with Crippen molar-refractivity contribution in [3.63, 3.8) is 0 Å². The number of carbonyl (C=O) groups excluding carboxylic acids is 2. The van der Waals surface area contributed by atoms with Crippen molar-refractivity contribution in [1.29, 1.82) is 0 Å². The van der Waals surface area contributed by atoms with E-state index in [-0.39, 0.29) is 30.6 Å². The van der Waals surface area contributed by atoms with Gasteiger partial charge in [-0.3, -0.25) is 9.59 Å². The number of thiazole rings is 1. The standard InChI is InChI=1S/C23H25N5O3S.C2H6/c1-14-9-17(10-15(2)31-14)18-5-4-6-19(25-18)20-13-32-23(26-20)27-21(29)11-24-22(30)16-7-8-28(3)12-16;1-2/h4-9,12-15H,10-11H2,1-3H3,(H,24,30)(H,26,27,29);1-2H3. The molecule has 2 N–H and O–H groups in total. The maximum absolute atomic E-state index is 12.2. The zero-order valence-electron chi connectivity index (χ0n) is 20.2. The van der Waals surface area contributed by atoms with Gasteiger partial charge in [0.15, 0.2) is 5.13 Å². The van der Waals surface area contributed by atoms with Crippen LogP contribution in [0.2, 0.25) is 0 Å². The summed E-state index contributed by atoms with van der Waals surface area (Å²) in [5.41, 5.74) is 4.01. The van der Waals surface area contributed by atoms with E-state index in [2.05, 4.69) is 28.6 Å². The van der Waals surface area contributed by atoms with Crippen LogP contribution in [0.25, 0.3) is 17.0 Å². The van der Waals surface area contributed by atoms with Gasteiger partial charge >= 0.3 is 0 Å². The molecule has 3 aromatic heterocycles. The molecule has 0 fully saturated rings. The molecule has 0 radical (unpaired) electrons. The Labute approximate surface area is 204 Å². The minimum atomic E-state index is -0.341. The summed E-state index contributed by atoms with van der Waals surface area (Å²) in [5.74, 6) is -0.639. The molecule has 180 valence electrons. The highest BCUT2D eigenvalue weighted by molar-refractivity contribution is 7.14. The molecule has 1 aliphatic rings. The number of pyridine rings is 1. The number of rotatable bonds is 6. The number of hydrogen-bond acceptors (Lipinski definition) is 6. The third-order valence-corrected chi connectivity index (χ3v) is 5.74. The number of nitrogens with one attached hydrogen (secondary N) is 2. The third-order valence-electron chi connectivity index (χ3n) is 4.98. The van der Waals surface area contributed by atoms with Crippen molar-refractivity contribution in [2.45, 2.75) is 46.3 Å². The topological polar surface area (TPSA) is 98.1 Å². The van der Waals surface area contributed by atoms with Gasteiger partial charge in [-0.2, -0.15) is 0 Å². The summed E-state index contributed by atoms with van der Waals surface area (Å²) >= 11 is 1.32. The first-order valence-electron chi connectivity index (χ1n) is 11.4. The molecule has 0 saturated carbocycles. The van der Waals surface area contributed by atoms with Gasteiger partial charge in [-0.05, 0) is 37.6 Å². The summed E-state index contributed by atoms with van der Waals surface area (Å²) < 4.78 is 7.54. The fourth-order valence-electron chi connectivity index (χ4n) is 3.57. The maximum atomic E-state index is 12.2. The second kappa shape index (κ2) is 11.7. The van der Waals surface area contributed by atoms with Crippen LogP contribution in [-0.4, -0.2) is 45.1 Å². The average Bonchev–Trinajstić information content (AvgIpc) is 3.47. The van der Waals surface area contributed by atoms with Crippen molar-refractivity contribution in [3.8, 4) is 11.4 Å². The van der Waals surface area contributed by atoms with Crippen LogP contribution < -0.4 is 10.6 Å². The van der Waals surface area contributed by atoms with Crippen molar-refractivity contribution in [3.05, 3.63) is 59.4 Å². The lowest BCUT2D eigenvalue weighted by molar-refractivity contribution is -0.115.